The van der Waals surface area contributed by atoms with Crippen molar-refractivity contribution in [3.8, 4) is 0 Å². The number of benzene rings is 1. The summed E-state index contributed by atoms with van der Waals surface area (Å²) in [6.07, 6.45) is 1.54. The van der Waals surface area contributed by atoms with Crippen LogP contribution < -0.4 is 10.6 Å². The molecular formula is C21H32ClN7O. The number of aliphatic imine (C=N–C) groups is 1. The summed E-state index contributed by atoms with van der Waals surface area (Å²) >= 11 is 6.13. The number of guanidine groups is 1. The number of hydrogen-bond acceptors (Lipinski definition) is 5. The third-order valence-corrected chi connectivity index (χ3v) is 5.39. The number of rotatable bonds is 7. The van der Waals surface area contributed by atoms with Crippen molar-refractivity contribution in [2.45, 2.75) is 39.0 Å². The zero-order valence-electron chi connectivity index (χ0n) is 18.2. The van der Waals surface area contributed by atoms with Crippen LogP contribution in [0.2, 0.25) is 5.02 Å². The highest BCUT2D eigenvalue weighted by Crippen LogP contribution is 2.27. The van der Waals surface area contributed by atoms with Crippen molar-refractivity contribution < 1.29 is 4.74 Å². The van der Waals surface area contributed by atoms with E-state index >= 15 is 0 Å². The number of nitrogens with zero attached hydrogens (tertiary/aromatic N) is 5. The number of aromatic nitrogens is 3. The Kier molecular flexibility index (Phi) is 7.69. The first-order valence-corrected chi connectivity index (χ1v) is 10.7. The van der Waals surface area contributed by atoms with Gasteiger partial charge in [-0.2, -0.15) is 5.10 Å². The van der Waals surface area contributed by atoms with Crippen LogP contribution in [0.1, 0.15) is 38.2 Å². The highest BCUT2D eigenvalue weighted by atomic mass is 35.5. The number of nitrogens with one attached hydrogen (secondary N) is 2. The predicted molar refractivity (Wildman–Crippen MR) is 120 cm³/mol. The van der Waals surface area contributed by atoms with Crippen molar-refractivity contribution in [3.05, 3.63) is 47.0 Å². The molecule has 1 fully saturated rings. The highest BCUT2D eigenvalue weighted by Gasteiger charge is 2.32. The van der Waals surface area contributed by atoms with Crippen LogP contribution in [0, 0.1) is 0 Å². The number of ether oxygens (including phenoxy) is 1. The summed E-state index contributed by atoms with van der Waals surface area (Å²) in [6, 6.07) is 8.26. The molecule has 1 aliphatic heterocycles. The van der Waals surface area contributed by atoms with Gasteiger partial charge in [0.05, 0.1) is 18.2 Å². The summed E-state index contributed by atoms with van der Waals surface area (Å²) in [7, 11) is 1.87. The van der Waals surface area contributed by atoms with E-state index in [9.17, 15) is 0 Å². The molecule has 1 atom stereocenters. The smallest absolute Gasteiger partial charge is 0.191 e. The van der Waals surface area contributed by atoms with Crippen LogP contribution in [0.15, 0.2) is 35.6 Å². The molecule has 30 heavy (non-hydrogen) atoms. The zero-order valence-corrected chi connectivity index (χ0v) is 19.0. The van der Waals surface area contributed by atoms with Gasteiger partial charge in [-0.3, -0.25) is 9.58 Å². The molecule has 1 aromatic carbocycles. The van der Waals surface area contributed by atoms with E-state index < -0.39 is 0 Å². The standard InChI is InChI=1S/C21H32ClN7O/c1-5-23-20(25-13-19-26-15-27-28(19)4)24-12-18(16-6-8-17(22)9-7-16)29-10-11-30-21(2,3)14-29/h6-9,15,18H,5,10-14H2,1-4H3,(H2,23,24,25). The maximum Gasteiger partial charge on any atom is 0.191 e. The Morgan fingerprint density at radius 2 is 2.07 bits per heavy atom. The van der Waals surface area contributed by atoms with Gasteiger partial charge in [0.1, 0.15) is 18.7 Å². The Balaban J connectivity index is 1.75. The van der Waals surface area contributed by atoms with Gasteiger partial charge >= 0.3 is 0 Å². The lowest BCUT2D eigenvalue weighted by Gasteiger charge is -2.42. The third kappa shape index (κ3) is 6.17. The molecule has 9 heteroatoms. The Morgan fingerprint density at radius 3 is 2.70 bits per heavy atom. The Hall–Kier alpha value is -2.16. The molecular weight excluding hydrogens is 402 g/mol. The molecule has 1 unspecified atom stereocenters. The second-order valence-electron chi connectivity index (χ2n) is 8.02. The molecule has 0 radical (unpaired) electrons. The summed E-state index contributed by atoms with van der Waals surface area (Å²) < 4.78 is 7.66. The summed E-state index contributed by atoms with van der Waals surface area (Å²) in [5.74, 6) is 1.57. The van der Waals surface area contributed by atoms with Gasteiger partial charge < -0.3 is 15.4 Å². The van der Waals surface area contributed by atoms with Gasteiger partial charge in [0.25, 0.3) is 0 Å². The van der Waals surface area contributed by atoms with E-state index in [-0.39, 0.29) is 11.6 Å². The number of hydrogen-bond donors (Lipinski definition) is 2. The van der Waals surface area contributed by atoms with E-state index in [1.54, 1.807) is 11.0 Å². The van der Waals surface area contributed by atoms with Gasteiger partial charge in [0.15, 0.2) is 5.96 Å². The molecule has 0 saturated carbocycles. The summed E-state index contributed by atoms with van der Waals surface area (Å²) in [5.41, 5.74) is 1.04. The van der Waals surface area contributed by atoms with Crippen LogP contribution in [0.5, 0.6) is 0 Å². The van der Waals surface area contributed by atoms with Crippen LogP contribution in [-0.4, -0.2) is 64.0 Å². The van der Waals surface area contributed by atoms with Crippen molar-refractivity contribution in [3.63, 3.8) is 0 Å². The molecule has 1 aromatic heterocycles. The molecule has 3 rings (SSSR count). The fraction of sp³-hybridized carbons (Fsp3) is 0.571. The van der Waals surface area contributed by atoms with Crippen LogP contribution in [-0.2, 0) is 18.3 Å². The summed E-state index contributed by atoms with van der Waals surface area (Å²) in [5, 5.41) is 11.7. The summed E-state index contributed by atoms with van der Waals surface area (Å²) in [4.78, 5) is 11.4. The molecule has 0 amide bonds. The SMILES string of the molecule is CCNC(=NCc1ncnn1C)NCC(c1ccc(Cl)cc1)N1CCOC(C)(C)C1. The fourth-order valence-corrected chi connectivity index (χ4v) is 3.74. The minimum Gasteiger partial charge on any atom is -0.373 e. The van der Waals surface area contributed by atoms with Gasteiger partial charge in [-0.05, 0) is 38.5 Å². The fourth-order valence-electron chi connectivity index (χ4n) is 3.61. The lowest BCUT2D eigenvalue weighted by molar-refractivity contribution is -0.0971. The third-order valence-electron chi connectivity index (χ3n) is 5.14. The molecule has 0 aliphatic carbocycles. The van der Waals surface area contributed by atoms with Crippen molar-refractivity contribution in [2.75, 3.05) is 32.8 Å². The van der Waals surface area contributed by atoms with E-state index in [1.165, 1.54) is 5.56 Å². The average molecular weight is 434 g/mol. The van der Waals surface area contributed by atoms with Crippen molar-refractivity contribution in [1.82, 2.24) is 30.3 Å². The van der Waals surface area contributed by atoms with Gasteiger partial charge in [-0.1, -0.05) is 23.7 Å². The first-order chi connectivity index (χ1) is 14.4. The van der Waals surface area contributed by atoms with Gasteiger partial charge in [-0.25, -0.2) is 9.98 Å². The largest absolute Gasteiger partial charge is 0.373 e. The van der Waals surface area contributed by atoms with Crippen LogP contribution in [0.3, 0.4) is 0 Å². The van der Waals surface area contributed by atoms with E-state index in [2.05, 4.69) is 63.5 Å². The maximum absolute atomic E-state index is 6.13. The van der Waals surface area contributed by atoms with Crippen LogP contribution in [0.25, 0.3) is 0 Å². The lowest BCUT2D eigenvalue weighted by Crippen LogP contribution is -2.52. The maximum atomic E-state index is 6.13. The molecule has 2 N–H and O–H groups in total. The summed E-state index contributed by atoms with van der Waals surface area (Å²) in [6.45, 7) is 10.7. The normalized spacial score (nSPS) is 18.2. The monoisotopic (exact) mass is 433 g/mol. The van der Waals surface area contributed by atoms with Crippen molar-refractivity contribution in [1.29, 1.82) is 0 Å². The molecule has 1 saturated heterocycles. The van der Waals surface area contributed by atoms with Crippen LogP contribution >= 0.6 is 11.6 Å². The molecule has 2 aromatic rings. The van der Waals surface area contributed by atoms with E-state index in [1.807, 2.05) is 19.2 Å². The minimum atomic E-state index is -0.174. The molecule has 164 valence electrons. The minimum absolute atomic E-state index is 0.170. The van der Waals surface area contributed by atoms with E-state index in [4.69, 9.17) is 16.3 Å². The quantitative estimate of drug-likeness (QED) is 0.515. The Bertz CT molecular complexity index is 834. The first kappa shape index (κ1) is 22.5. The Morgan fingerprint density at radius 1 is 1.30 bits per heavy atom. The number of halogens is 1. The van der Waals surface area contributed by atoms with Crippen molar-refractivity contribution >= 4 is 17.6 Å². The lowest BCUT2D eigenvalue weighted by atomic mass is 10.0. The Labute approximate surface area is 183 Å². The predicted octanol–water partition coefficient (Wildman–Crippen LogP) is 2.38. The van der Waals surface area contributed by atoms with Gasteiger partial charge in [0, 0.05) is 38.2 Å². The molecule has 0 spiro atoms. The zero-order chi connectivity index (χ0) is 21.6. The molecule has 0 bridgehead atoms. The second-order valence-corrected chi connectivity index (χ2v) is 8.46. The average Bonchev–Trinajstić information content (AvgIpc) is 3.11. The molecule has 8 nitrogen and oxygen atoms in total. The number of aryl methyl sites for hydroxylation is 1. The number of morpholine rings is 1. The van der Waals surface area contributed by atoms with Crippen molar-refractivity contribution in [2.24, 2.45) is 12.0 Å². The van der Waals surface area contributed by atoms with E-state index in [0.29, 0.717) is 13.1 Å². The molecule has 2 heterocycles. The first-order valence-electron chi connectivity index (χ1n) is 10.4. The van der Waals surface area contributed by atoms with Gasteiger partial charge in [-0.15, -0.1) is 0 Å². The van der Waals surface area contributed by atoms with E-state index in [0.717, 1.165) is 43.0 Å². The van der Waals surface area contributed by atoms with Crippen LogP contribution in [0.4, 0.5) is 0 Å². The highest BCUT2D eigenvalue weighted by molar-refractivity contribution is 6.30. The topological polar surface area (TPSA) is 79.6 Å². The molecule has 1 aliphatic rings. The second kappa shape index (κ2) is 10.2. The van der Waals surface area contributed by atoms with Gasteiger partial charge in [0.2, 0.25) is 0 Å².